The number of Topliss-reactive ketones (excluding diaryl/α,β-unsaturated/α-hetero) is 3. The summed E-state index contributed by atoms with van der Waals surface area (Å²) in [5.74, 6) is 0.522. The summed E-state index contributed by atoms with van der Waals surface area (Å²) in [6.45, 7) is 83.5. The van der Waals surface area contributed by atoms with Crippen LogP contribution in [0.25, 0.3) is 0 Å². The lowest BCUT2D eigenvalue weighted by Gasteiger charge is -2.21. The summed E-state index contributed by atoms with van der Waals surface area (Å²) < 4.78 is 21.5. The largest absolute Gasteiger partial charge is 0.393 e. The minimum absolute atomic E-state index is 0.102. The highest BCUT2D eigenvalue weighted by molar-refractivity contribution is 5.92. The second-order valence-electron chi connectivity index (χ2n) is 34.2. The van der Waals surface area contributed by atoms with Crippen LogP contribution in [0.4, 0.5) is 0 Å². The molecule has 88 heavy (non-hydrogen) atoms. The van der Waals surface area contributed by atoms with Crippen LogP contribution in [0, 0.1) is 43.3 Å². The number of nitrogens with one attached hydrogen (secondary N) is 1. The minimum Gasteiger partial charge on any atom is -0.393 e. The maximum atomic E-state index is 11.7. The molecular formula is C78H167NO9. The first-order valence-corrected chi connectivity index (χ1v) is 34.9. The van der Waals surface area contributed by atoms with Gasteiger partial charge in [0.15, 0.2) is 0 Å². The summed E-state index contributed by atoms with van der Waals surface area (Å²) in [5, 5.41) is 20.8. The monoisotopic (exact) mass is 1260 g/mol. The second-order valence-corrected chi connectivity index (χ2v) is 34.2. The number of ether oxygens (including phenoxy) is 4. The van der Waals surface area contributed by atoms with Crippen LogP contribution < -0.4 is 5.32 Å². The number of hydrogen-bond donors (Lipinski definition) is 3. The van der Waals surface area contributed by atoms with Crippen LogP contribution in [-0.2, 0) is 33.3 Å². The molecule has 6 unspecified atom stereocenters. The van der Waals surface area contributed by atoms with Gasteiger partial charge in [0.25, 0.3) is 0 Å². The van der Waals surface area contributed by atoms with Crippen LogP contribution >= 0.6 is 0 Å². The molecule has 0 spiro atoms. The average Bonchev–Trinajstić information content (AvgIpc) is 3.34. The second kappa shape index (κ2) is 58.1. The van der Waals surface area contributed by atoms with E-state index in [1.807, 2.05) is 69.2 Å². The van der Waals surface area contributed by atoms with Gasteiger partial charge in [0.2, 0.25) is 0 Å². The van der Waals surface area contributed by atoms with Crippen LogP contribution in [0.15, 0.2) is 12.2 Å². The predicted octanol–water partition coefficient (Wildman–Crippen LogP) is 22.5. The lowest BCUT2D eigenvalue weighted by molar-refractivity contribution is -0.130. The molecule has 0 aromatic heterocycles. The number of carbonyl (C=O) groups is 3. The van der Waals surface area contributed by atoms with E-state index in [4.69, 9.17) is 29.2 Å². The van der Waals surface area contributed by atoms with Crippen molar-refractivity contribution in [2.24, 2.45) is 43.3 Å². The number of carbonyl (C=O) groups excluding carboxylic acids is 3. The number of likely N-dealkylation sites (N-methyl/N-ethyl adjacent to an activating group) is 1. The van der Waals surface area contributed by atoms with Gasteiger partial charge in [0, 0.05) is 51.1 Å². The Morgan fingerprint density at radius 2 is 0.773 bits per heavy atom. The van der Waals surface area contributed by atoms with E-state index in [1.54, 1.807) is 20.9 Å². The van der Waals surface area contributed by atoms with E-state index in [0.717, 1.165) is 58.3 Å². The van der Waals surface area contributed by atoms with Crippen molar-refractivity contribution in [2.45, 2.75) is 402 Å². The van der Waals surface area contributed by atoms with Crippen molar-refractivity contribution < 1.29 is 43.5 Å². The number of aliphatic hydroxyl groups is 2. The summed E-state index contributed by atoms with van der Waals surface area (Å²) in [6.07, 6.45) is 20.3. The smallest absolute Gasteiger partial charge is 0.149 e. The zero-order valence-electron chi connectivity index (χ0n) is 67.4. The molecule has 0 aliphatic heterocycles. The molecule has 0 bridgehead atoms. The van der Waals surface area contributed by atoms with Gasteiger partial charge >= 0.3 is 0 Å². The number of rotatable bonds is 26. The Hall–Kier alpha value is -1.53. The van der Waals surface area contributed by atoms with Crippen LogP contribution in [-0.4, -0.2) is 104 Å². The fraction of sp³-hybridized carbons (Fsp3) is 0.936. The Morgan fingerprint density at radius 1 is 0.455 bits per heavy atom. The zero-order valence-corrected chi connectivity index (χ0v) is 67.4. The lowest BCUT2D eigenvalue weighted by Crippen LogP contribution is -2.38. The van der Waals surface area contributed by atoms with Crippen molar-refractivity contribution in [3.8, 4) is 0 Å². The Kier molecular flexibility index (Phi) is 69.5. The van der Waals surface area contributed by atoms with E-state index in [1.165, 1.54) is 44.9 Å². The molecule has 6 atom stereocenters. The molecule has 10 nitrogen and oxygen atoms in total. The molecule has 0 radical (unpaired) electrons. The standard InChI is InChI=1S/C12H26O2.C11H21NO2.2C10H22O.C8H18O.C8H16O.C8H16.C6H14.C5H12O/c1-10(13)7-9-14-11(2)6-8-12(3,4)5;1-6-9(13)8(12-5)7-10(14)11(2,3)4;2*1-6-11-9(2)7-8-10(3,4)5;2*1-7(9)5-6-8(2,3)4;1-5-6-7-8(2,3)4;1-5-6(2,3)4;1-4-6-5(2)3/h10-11,13H,6-9H2,1-5H3;8,12H,6-7H2,1-5H3;2*9H,6-8H2,1-5H3;7,9H,5-6H2,1-4H3;5-6H2,1-4H3;5-6H,7H2,1-4H3;5H2,1-4H3;5H,4H2,1-3H3. The average molecular weight is 1260 g/mol. The first kappa shape index (κ1) is 105. The molecule has 0 fully saturated rings. The van der Waals surface area contributed by atoms with Gasteiger partial charge in [0.1, 0.15) is 17.3 Å². The van der Waals surface area contributed by atoms with Gasteiger partial charge in [-0.15, -0.1) is 0 Å². The maximum Gasteiger partial charge on any atom is 0.149 e. The Balaban J connectivity index is -0.000000115. The zero-order chi connectivity index (χ0) is 72.2. The summed E-state index contributed by atoms with van der Waals surface area (Å²) >= 11 is 0. The topological polar surface area (TPSA) is 141 Å². The number of allylic oxidation sites excluding steroid dienone is 2. The van der Waals surface area contributed by atoms with Crippen LogP contribution in [0.2, 0.25) is 0 Å². The van der Waals surface area contributed by atoms with Gasteiger partial charge < -0.3 is 39.3 Å². The molecule has 0 aliphatic carbocycles. The van der Waals surface area contributed by atoms with Gasteiger partial charge in [0.05, 0.1) is 42.7 Å². The van der Waals surface area contributed by atoms with Crippen molar-refractivity contribution in [2.75, 3.05) is 33.5 Å². The maximum absolute atomic E-state index is 11.7. The normalized spacial score (nSPS) is 14.1. The van der Waals surface area contributed by atoms with E-state index >= 15 is 0 Å². The van der Waals surface area contributed by atoms with Gasteiger partial charge in [-0.05, 0) is 199 Å². The molecular weight excluding hydrogens is 1090 g/mol. The SMILES string of the molecule is CC(=O)CCC(C)(C)C.CC(O)CCC(C)(C)C.CC(O)CCOC(C)CCC(C)(C)C.CC=CCC(C)(C)C.CCC(=O)C(CC(=O)C(C)(C)C)NC.CCC(C)(C)C.CCOC(C)C.CCOC(C)CCC(C)(C)C.CCOC(C)CCC(C)(C)C. The molecule has 538 valence electrons. The number of hydrogen-bond acceptors (Lipinski definition) is 10. The Labute approximate surface area is 554 Å². The molecule has 0 heterocycles. The molecule has 0 saturated heterocycles. The fourth-order valence-electron chi connectivity index (χ4n) is 6.28. The number of aliphatic hydroxyl groups excluding tert-OH is 2. The number of ketones is 3. The summed E-state index contributed by atoms with van der Waals surface area (Å²) in [5.41, 5.74) is 2.62. The Bertz CT molecular complexity index is 1520. The molecule has 3 N–H and O–H groups in total. The van der Waals surface area contributed by atoms with Crippen LogP contribution in [0.5, 0.6) is 0 Å². The lowest BCUT2D eigenvalue weighted by atomic mass is 9.86. The molecule has 0 aromatic carbocycles. The van der Waals surface area contributed by atoms with E-state index in [2.05, 4.69) is 197 Å². The van der Waals surface area contributed by atoms with Gasteiger partial charge in [-0.2, -0.15) is 0 Å². The molecule has 0 amide bonds. The Morgan fingerprint density at radius 3 is 0.943 bits per heavy atom. The van der Waals surface area contributed by atoms with Crippen molar-refractivity contribution in [3.63, 3.8) is 0 Å². The molecule has 0 rings (SSSR count). The summed E-state index contributed by atoms with van der Waals surface area (Å²) in [7, 11) is 1.72. The quantitative estimate of drug-likeness (QED) is 0.0717. The molecule has 0 aliphatic rings. The predicted molar refractivity (Wildman–Crippen MR) is 392 cm³/mol. The third-order valence-corrected chi connectivity index (χ3v) is 13.1. The van der Waals surface area contributed by atoms with Gasteiger partial charge in [-0.1, -0.05) is 199 Å². The van der Waals surface area contributed by atoms with Gasteiger partial charge in [-0.25, -0.2) is 0 Å². The summed E-state index contributed by atoms with van der Waals surface area (Å²) in [6, 6.07) is -0.313. The highest BCUT2D eigenvalue weighted by Gasteiger charge is 2.26. The van der Waals surface area contributed by atoms with Crippen molar-refractivity contribution in [1.82, 2.24) is 5.32 Å². The van der Waals surface area contributed by atoms with E-state index in [9.17, 15) is 14.4 Å². The van der Waals surface area contributed by atoms with Crippen molar-refractivity contribution in [1.29, 1.82) is 0 Å². The van der Waals surface area contributed by atoms with E-state index < -0.39 is 0 Å². The third-order valence-electron chi connectivity index (χ3n) is 13.1. The van der Waals surface area contributed by atoms with E-state index in [0.29, 0.717) is 87.6 Å². The molecule has 0 saturated carbocycles. The van der Waals surface area contributed by atoms with Crippen molar-refractivity contribution >= 4 is 17.3 Å². The van der Waals surface area contributed by atoms with Gasteiger partial charge in [-0.3, -0.25) is 9.59 Å². The van der Waals surface area contributed by atoms with Crippen LogP contribution in [0.3, 0.4) is 0 Å². The fourth-order valence-corrected chi connectivity index (χ4v) is 6.28. The third kappa shape index (κ3) is 122. The molecule has 0 aromatic rings. The first-order chi connectivity index (χ1) is 39.3. The first-order valence-electron chi connectivity index (χ1n) is 34.9. The van der Waals surface area contributed by atoms with E-state index in [-0.39, 0.29) is 35.2 Å². The van der Waals surface area contributed by atoms with Crippen molar-refractivity contribution in [3.05, 3.63) is 12.2 Å². The minimum atomic E-state index is -0.358. The molecule has 10 heteroatoms. The highest BCUT2D eigenvalue weighted by atomic mass is 16.5. The summed E-state index contributed by atoms with van der Waals surface area (Å²) in [4.78, 5) is 33.5. The highest BCUT2D eigenvalue weighted by Crippen LogP contribution is 2.26. The van der Waals surface area contributed by atoms with Crippen LogP contribution in [0.1, 0.15) is 359 Å².